The number of hydrogen-bond acceptors (Lipinski definition) is 5. The molecule has 1 aliphatic heterocycles. The molecule has 0 bridgehead atoms. The van der Waals surface area contributed by atoms with E-state index in [1.54, 1.807) is 29.2 Å². The molecule has 2 heterocycles. The number of ether oxygens (including phenoxy) is 1. The van der Waals surface area contributed by atoms with E-state index in [-0.39, 0.29) is 17.4 Å². The SMILES string of the molecule is COc1ccc(C(=O)N2CCN(c3ccccc3F)CC2)nn1. The number of piperazine rings is 1. The Balaban J connectivity index is 1.64. The zero-order valence-corrected chi connectivity index (χ0v) is 12.8. The second-order valence-corrected chi connectivity index (χ2v) is 5.19. The maximum Gasteiger partial charge on any atom is 0.274 e. The third kappa shape index (κ3) is 3.23. The van der Waals surface area contributed by atoms with Gasteiger partial charge in [-0.3, -0.25) is 4.79 Å². The molecule has 23 heavy (non-hydrogen) atoms. The van der Waals surface area contributed by atoms with Crippen LogP contribution in [-0.2, 0) is 0 Å². The summed E-state index contributed by atoms with van der Waals surface area (Å²) >= 11 is 0. The van der Waals surface area contributed by atoms with E-state index in [0.717, 1.165) is 0 Å². The summed E-state index contributed by atoms with van der Waals surface area (Å²) in [5.41, 5.74) is 0.856. The molecule has 120 valence electrons. The van der Waals surface area contributed by atoms with E-state index in [0.29, 0.717) is 37.7 Å². The Morgan fingerprint density at radius 1 is 1.09 bits per heavy atom. The minimum absolute atomic E-state index is 0.173. The summed E-state index contributed by atoms with van der Waals surface area (Å²) < 4.78 is 18.7. The van der Waals surface area contributed by atoms with Gasteiger partial charge in [0.2, 0.25) is 5.88 Å². The Bertz CT molecular complexity index is 685. The first-order valence-corrected chi connectivity index (χ1v) is 7.35. The van der Waals surface area contributed by atoms with Crippen molar-refractivity contribution in [2.24, 2.45) is 0 Å². The van der Waals surface area contributed by atoms with E-state index in [4.69, 9.17) is 4.74 Å². The highest BCUT2D eigenvalue weighted by Crippen LogP contribution is 2.20. The van der Waals surface area contributed by atoms with Crippen LogP contribution in [0.2, 0.25) is 0 Å². The van der Waals surface area contributed by atoms with Crippen molar-refractivity contribution in [3.05, 3.63) is 47.9 Å². The van der Waals surface area contributed by atoms with Gasteiger partial charge in [-0.25, -0.2) is 4.39 Å². The number of para-hydroxylation sites is 1. The van der Waals surface area contributed by atoms with Crippen LogP contribution in [0.1, 0.15) is 10.5 Å². The lowest BCUT2D eigenvalue weighted by Crippen LogP contribution is -2.49. The Hall–Kier alpha value is -2.70. The number of nitrogens with zero attached hydrogens (tertiary/aromatic N) is 4. The summed E-state index contributed by atoms with van der Waals surface area (Å²) in [5.74, 6) is -0.0486. The second kappa shape index (κ2) is 6.60. The van der Waals surface area contributed by atoms with Gasteiger partial charge in [-0.1, -0.05) is 12.1 Å². The van der Waals surface area contributed by atoms with Crippen LogP contribution in [0.15, 0.2) is 36.4 Å². The van der Waals surface area contributed by atoms with E-state index in [9.17, 15) is 9.18 Å². The number of halogens is 1. The molecule has 1 aromatic carbocycles. The van der Waals surface area contributed by atoms with Crippen LogP contribution in [0.25, 0.3) is 0 Å². The van der Waals surface area contributed by atoms with Gasteiger partial charge in [0.15, 0.2) is 5.69 Å². The number of carbonyl (C=O) groups excluding carboxylic acids is 1. The molecule has 1 saturated heterocycles. The van der Waals surface area contributed by atoms with Gasteiger partial charge < -0.3 is 14.5 Å². The summed E-state index contributed by atoms with van der Waals surface area (Å²) in [7, 11) is 1.49. The van der Waals surface area contributed by atoms with Gasteiger partial charge in [0.25, 0.3) is 5.91 Å². The van der Waals surface area contributed by atoms with E-state index in [2.05, 4.69) is 10.2 Å². The molecule has 0 N–H and O–H groups in total. The van der Waals surface area contributed by atoms with Crippen LogP contribution in [0.3, 0.4) is 0 Å². The minimum Gasteiger partial charge on any atom is -0.480 e. The number of methoxy groups -OCH3 is 1. The van der Waals surface area contributed by atoms with Crippen molar-refractivity contribution in [1.29, 1.82) is 0 Å². The predicted molar refractivity (Wildman–Crippen MR) is 83.1 cm³/mol. The highest BCUT2D eigenvalue weighted by atomic mass is 19.1. The molecular formula is C16H17FN4O2. The molecule has 1 aromatic heterocycles. The molecule has 3 rings (SSSR count). The molecule has 0 unspecified atom stereocenters. The Morgan fingerprint density at radius 2 is 1.83 bits per heavy atom. The average molecular weight is 316 g/mol. The van der Waals surface area contributed by atoms with E-state index >= 15 is 0 Å². The normalized spacial score (nSPS) is 14.7. The standard InChI is InChI=1S/C16H17FN4O2/c1-23-15-7-6-13(18-19-15)16(22)21-10-8-20(9-11-21)14-5-3-2-4-12(14)17/h2-7H,8-11H2,1H3. The lowest BCUT2D eigenvalue weighted by molar-refractivity contribution is 0.0739. The molecule has 0 saturated carbocycles. The molecular weight excluding hydrogens is 299 g/mol. The fourth-order valence-electron chi connectivity index (χ4n) is 2.56. The van der Waals surface area contributed by atoms with Crippen LogP contribution in [0.4, 0.5) is 10.1 Å². The van der Waals surface area contributed by atoms with Crippen molar-refractivity contribution in [1.82, 2.24) is 15.1 Å². The fourth-order valence-corrected chi connectivity index (χ4v) is 2.56. The zero-order valence-electron chi connectivity index (χ0n) is 12.8. The lowest BCUT2D eigenvalue weighted by atomic mass is 10.2. The number of aromatic nitrogens is 2. The van der Waals surface area contributed by atoms with Crippen molar-refractivity contribution < 1.29 is 13.9 Å². The summed E-state index contributed by atoms with van der Waals surface area (Å²) in [6.45, 7) is 2.19. The van der Waals surface area contributed by atoms with Crippen LogP contribution in [-0.4, -0.2) is 54.3 Å². The molecule has 0 aliphatic carbocycles. The van der Waals surface area contributed by atoms with E-state index < -0.39 is 0 Å². The van der Waals surface area contributed by atoms with E-state index in [1.165, 1.54) is 13.2 Å². The zero-order chi connectivity index (χ0) is 16.2. The molecule has 6 nitrogen and oxygen atoms in total. The van der Waals surface area contributed by atoms with Crippen LogP contribution in [0, 0.1) is 5.82 Å². The molecule has 0 radical (unpaired) electrons. The minimum atomic E-state index is -0.242. The summed E-state index contributed by atoms with van der Waals surface area (Å²) in [5, 5.41) is 7.68. The molecule has 2 aromatic rings. The van der Waals surface area contributed by atoms with Gasteiger partial charge in [0, 0.05) is 32.2 Å². The number of anilines is 1. The van der Waals surface area contributed by atoms with Gasteiger partial charge in [-0.05, 0) is 18.2 Å². The maximum absolute atomic E-state index is 13.8. The van der Waals surface area contributed by atoms with Gasteiger partial charge in [0.05, 0.1) is 12.8 Å². The lowest BCUT2D eigenvalue weighted by Gasteiger charge is -2.36. The van der Waals surface area contributed by atoms with Crippen LogP contribution >= 0.6 is 0 Å². The Labute approximate surface area is 133 Å². The first kappa shape index (κ1) is 15.2. The first-order valence-electron chi connectivity index (χ1n) is 7.35. The van der Waals surface area contributed by atoms with Gasteiger partial charge in [-0.15, -0.1) is 10.2 Å². The molecule has 1 amide bonds. The molecule has 0 spiro atoms. The number of hydrogen-bond donors (Lipinski definition) is 0. The largest absolute Gasteiger partial charge is 0.480 e. The molecule has 0 atom stereocenters. The van der Waals surface area contributed by atoms with Crippen LogP contribution in [0.5, 0.6) is 5.88 Å². The highest BCUT2D eigenvalue weighted by molar-refractivity contribution is 5.92. The van der Waals surface area contributed by atoms with E-state index in [1.807, 2.05) is 11.0 Å². The van der Waals surface area contributed by atoms with Gasteiger partial charge >= 0.3 is 0 Å². The maximum atomic E-state index is 13.8. The first-order chi connectivity index (χ1) is 11.2. The third-order valence-electron chi connectivity index (χ3n) is 3.83. The number of benzene rings is 1. The average Bonchev–Trinajstić information content (AvgIpc) is 2.62. The smallest absolute Gasteiger partial charge is 0.274 e. The molecule has 1 fully saturated rings. The van der Waals surface area contributed by atoms with Gasteiger partial charge in [0.1, 0.15) is 5.82 Å². The number of carbonyl (C=O) groups is 1. The third-order valence-corrected chi connectivity index (χ3v) is 3.83. The Morgan fingerprint density at radius 3 is 2.43 bits per heavy atom. The summed E-state index contributed by atoms with van der Waals surface area (Å²) in [6.07, 6.45) is 0. The quantitative estimate of drug-likeness (QED) is 0.860. The van der Waals surface area contributed by atoms with Crippen molar-refractivity contribution >= 4 is 11.6 Å². The van der Waals surface area contributed by atoms with Crippen LogP contribution < -0.4 is 9.64 Å². The molecule has 1 aliphatic rings. The van der Waals surface area contributed by atoms with Crippen molar-refractivity contribution in [3.8, 4) is 5.88 Å². The van der Waals surface area contributed by atoms with Gasteiger partial charge in [-0.2, -0.15) is 0 Å². The van der Waals surface area contributed by atoms with Crippen molar-refractivity contribution in [3.63, 3.8) is 0 Å². The monoisotopic (exact) mass is 316 g/mol. The van der Waals surface area contributed by atoms with Crippen molar-refractivity contribution in [2.75, 3.05) is 38.2 Å². The summed E-state index contributed by atoms with van der Waals surface area (Å²) in [4.78, 5) is 16.0. The molecule has 7 heteroatoms. The summed E-state index contributed by atoms with van der Waals surface area (Å²) in [6, 6.07) is 9.87. The number of amides is 1. The second-order valence-electron chi connectivity index (χ2n) is 5.19. The highest BCUT2D eigenvalue weighted by Gasteiger charge is 2.24. The van der Waals surface area contributed by atoms with Crippen molar-refractivity contribution in [2.45, 2.75) is 0 Å². The predicted octanol–water partition coefficient (Wildman–Crippen LogP) is 1.59. The Kier molecular flexibility index (Phi) is 4.36. The topological polar surface area (TPSA) is 58.6 Å². The number of rotatable bonds is 3. The fraction of sp³-hybridized carbons (Fsp3) is 0.312.